The Morgan fingerprint density at radius 1 is 1.24 bits per heavy atom. The molecule has 116 valence electrons. The first-order valence-corrected chi connectivity index (χ1v) is 7.48. The molecule has 1 aromatic carbocycles. The molecule has 2 nitrogen and oxygen atoms in total. The highest BCUT2D eigenvalue weighted by molar-refractivity contribution is 6.30. The van der Waals surface area contributed by atoms with E-state index in [0.717, 1.165) is 5.56 Å². The summed E-state index contributed by atoms with van der Waals surface area (Å²) in [5, 5.41) is 0.588. The van der Waals surface area contributed by atoms with Gasteiger partial charge < -0.3 is 10.5 Å². The maximum atomic E-state index is 12.8. The summed E-state index contributed by atoms with van der Waals surface area (Å²) in [6.07, 6.45) is -2.55. The highest BCUT2D eigenvalue weighted by Crippen LogP contribution is 2.49. The van der Waals surface area contributed by atoms with E-state index >= 15 is 0 Å². The quantitative estimate of drug-likeness (QED) is 0.757. The summed E-state index contributed by atoms with van der Waals surface area (Å²) in [6.45, 7) is 0. The van der Waals surface area contributed by atoms with Crippen LogP contribution >= 0.6 is 11.6 Å². The Kier molecular flexibility index (Phi) is 3.61. The average Bonchev–Trinajstić information content (AvgIpc) is 2.39. The average molecular weight is 320 g/mol. The fraction of sp³-hybridized carbons (Fsp3) is 0.600. The number of fused-ring (bicyclic) bond motifs is 1. The molecule has 1 aromatic rings. The lowest BCUT2D eigenvalue weighted by Gasteiger charge is -2.45. The minimum absolute atomic E-state index is 0.110. The van der Waals surface area contributed by atoms with E-state index in [1.54, 1.807) is 18.2 Å². The number of halogens is 4. The molecule has 0 radical (unpaired) electrons. The lowest BCUT2D eigenvalue weighted by molar-refractivity contribution is -0.191. The summed E-state index contributed by atoms with van der Waals surface area (Å²) in [7, 11) is 0. The third-order valence-corrected chi connectivity index (χ3v) is 4.88. The molecule has 1 heterocycles. The smallest absolute Gasteiger partial charge is 0.391 e. The van der Waals surface area contributed by atoms with Gasteiger partial charge in [0.1, 0.15) is 11.4 Å². The van der Waals surface area contributed by atoms with Crippen molar-refractivity contribution in [1.29, 1.82) is 0 Å². The maximum absolute atomic E-state index is 12.8. The Bertz CT molecular complexity index is 538. The zero-order valence-corrected chi connectivity index (χ0v) is 12.2. The van der Waals surface area contributed by atoms with Gasteiger partial charge in [0, 0.05) is 23.0 Å². The summed E-state index contributed by atoms with van der Waals surface area (Å²) >= 11 is 5.95. The van der Waals surface area contributed by atoms with Gasteiger partial charge >= 0.3 is 6.18 Å². The van der Waals surface area contributed by atoms with E-state index in [1.165, 1.54) is 0 Å². The van der Waals surface area contributed by atoms with E-state index in [0.29, 0.717) is 30.0 Å². The number of alkyl halides is 3. The fourth-order valence-corrected chi connectivity index (χ4v) is 3.65. The van der Waals surface area contributed by atoms with Crippen LogP contribution in [0.15, 0.2) is 18.2 Å². The Morgan fingerprint density at radius 2 is 1.90 bits per heavy atom. The van der Waals surface area contributed by atoms with E-state index < -0.39 is 17.7 Å². The molecule has 1 spiro atoms. The van der Waals surface area contributed by atoms with Crippen LogP contribution in [0.1, 0.15) is 43.7 Å². The van der Waals surface area contributed by atoms with Crippen molar-refractivity contribution in [2.45, 2.75) is 49.9 Å². The van der Waals surface area contributed by atoms with E-state index in [-0.39, 0.29) is 18.9 Å². The number of rotatable bonds is 0. The second-order valence-electron chi connectivity index (χ2n) is 6.09. The van der Waals surface area contributed by atoms with Crippen molar-refractivity contribution >= 4 is 11.6 Å². The van der Waals surface area contributed by atoms with Crippen molar-refractivity contribution < 1.29 is 17.9 Å². The van der Waals surface area contributed by atoms with Crippen molar-refractivity contribution in [2.24, 2.45) is 11.7 Å². The second kappa shape index (κ2) is 5.06. The van der Waals surface area contributed by atoms with Gasteiger partial charge in [0.05, 0.1) is 5.92 Å². The number of ether oxygens (including phenoxy) is 1. The van der Waals surface area contributed by atoms with Crippen molar-refractivity contribution in [3.05, 3.63) is 28.8 Å². The molecular formula is C15H17ClF3NO. The van der Waals surface area contributed by atoms with Crippen LogP contribution in [0.3, 0.4) is 0 Å². The highest BCUT2D eigenvalue weighted by Gasteiger charge is 2.49. The molecule has 1 atom stereocenters. The first-order chi connectivity index (χ1) is 9.79. The van der Waals surface area contributed by atoms with Crippen LogP contribution < -0.4 is 10.5 Å². The van der Waals surface area contributed by atoms with Crippen LogP contribution in [0.25, 0.3) is 0 Å². The standard InChI is InChI=1S/C15H17ClF3NO/c16-10-1-2-13-11(7-10)12(20)8-14(21-13)5-3-9(4-6-14)15(17,18)19/h1-2,7,9,12H,3-6,8,20H2. The maximum Gasteiger partial charge on any atom is 0.391 e. The Hall–Kier alpha value is -0.940. The summed E-state index contributed by atoms with van der Waals surface area (Å²) in [5.41, 5.74) is 6.47. The lowest BCUT2D eigenvalue weighted by atomic mass is 9.73. The molecule has 0 aromatic heterocycles. The van der Waals surface area contributed by atoms with Gasteiger partial charge in [0.15, 0.2) is 0 Å². The topological polar surface area (TPSA) is 35.2 Å². The lowest BCUT2D eigenvalue weighted by Crippen LogP contribution is -2.47. The van der Waals surface area contributed by atoms with Crippen molar-refractivity contribution in [1.82, 2.24) is 0 Å². The predicted octanol–water partition coefficient (Wildman–Crippen LogP) is 4.61. The van der Waals surface area contributed by atoms with Crippen LogP contribution in [-0.4, -0.2) is 11.8 Å². The normalized spacial score (nSPS) is 32.6. The summed E-state index contributed by atoms with van der Waals surface area (Å²) in [6, 6.07) is 5.01. The molecule has 1 unspecified atom stereocenters. The molecule has 0 saturated heterocycles. The van der Waals surface area contributed by atoms with Crippen molar-refractivity contribution in [3.63, 3.8) is 0 Å². The van der Waals surface area contributed by atoms with Crippen LogP contribution in [0.4, 0.5) is 13.2 Å². The van der Waals surface area contributed by atoms with Crippen molar-refractivity contribution in [2.75, 3.05) is 0 Å². The van der Waals surface area contributed by atoms with Crippen LogP contribution in [0, 0.1) is 5.92 Å². The zero-order valence-electron chi connectivity index (χ0n) is 11.4. The highest BCUT2D eigenvalue weighted by atomic mass is 35.5. The van der Waals surface area contributed by atoms with Gasteiger partial charge in [-0.15, -0.1) is 0 Å². The molecule has 1 aliphatic heterocycles. The molecule has 2 N–H and O–H groups in total. The van der Waals surface area contributed by atoms with Crippen LogP contribution in [0.5, 0.6) is 5.75 Å². The Balaban J connectivity index is 1.79. The minimum Gasteiger partial charge on any atom is -0.487 e. The third-order valence-electron chi connectivity index (χ3n) is 4.65. The first kappa shape index (κ1) is 15.0. The molecule has 2 aliphatic rings. The first-order valence-electron chi connectivity index (χ1n) is 7.10. The second-order valence-corrected chi connectivity index (χ2v) is 6.53. The van der Waals surface area contributed by atoms with E-state index in [2.05, 4.69) is 0 Å². The Morgan fingerprint density at radius 3 is 2.52 bits per heavy atom. The SMILES string of the molecule is NC1CC2(CCC(C(F)(F)F)CC2)Oc2ccc(Cl)cc21. The molecule has 3 rings (SSSR count). The molecule has 0 bridgehead atoms. The van der Waals surface area contributed by atoms with Gasteiger partial charge in [-0.1, -0.05) is 11.6 Å². The summed E-state index contributed by atoms with van der Waals surface area (Å²) in [5.74, 6) is -0.557. The number of benzene rings is 1. The van der Waals surface area contributed by atoms with Gasteiger partial charge in [-0.05, 0) is 43.9 Å². The summed E-state index contributed by atoms with van der Waals surface area (Å²) < 4.78 is 44.4. The van der Waals surface area contributed by atoms with Gasteiger partial charge in [-0.3, -0.25) is 0 Å². The Labute approximate surface area is 126 Å². The van der Waals surface area contributed by atoms with Crippen LogP contribution in [0.2, 0.25) is 5.02 Å². The molecule has 6 heteroatoms. The molecular weight excluding hydrogens is 303 g/mol. The van der Waals surface area contributed by atoms with E-state index in [4.69, 9.17) is 22.1 Å². The fourth-order valence-electron chi connectivity index (χ4n) is 3.47. The van der Waals surface area contributed by atoms with Crippen molar-refractivity contribution in [3.8, 4) is 5.75 Å². The number of nitrogens with two attached hydrogens (primary N) is 1. The number of hydrogen-bond donors (Lipinski definition) is 1. The predicted molar refractivity (Wildman–Crippen MR) is 74.4 cm³/mol. The van der Waals surface area contributed by atoms with Gasteiger partial charge in [0.25, 0.3) is 0 Å². The molecule has 1 aliphatic carbocycles. The largest absolute Gasteiger partial charge is 0.487 e. The molecule has 1 saturated carbocycles. The molecule has 0 amide bonds. The third kappa shape index (κ3) is 2.86. The zero-order chi connectivity index (χ0) is 15.3. The van der Waals surface area contributed by atoms with Gasteiger partial charge in [0.2, 0.25) is 0 Å². The monoisotopic (exact) mass is 319 g/mol. The molecule has 1 fully saturated rings. The van der Waals surface area contributed by atoms with Gasteiger partial charge in [-0.2, -0.15) is 13.2 Å². The van der Waals surface area contributed by atoms with Crippen LogP contribution in [-0.2, 0) is 0 Å². The summed E-state index contributed by atoms with van der Waals surface area (Å²) in [4.78, 5) is 0. The minimum atomic E-state index is -4.11. The molecule has 21 heavy (non-hydrogen) atoms. The van der Waals surface area contributed by atoms with Gasteiger partial charge in [-0.25, -0.2) is 0 Å². The number of hydrogen-bond acceptors (Lipinski definition) is 2. The van der Waals surface area contributed by atoms with E-state index in [9.17, 15) is 13.2 Å². The van der Waals surface area contributed by atoms with E-state index in [1.807, 2.05) is 0 Å².